The maximum Gasteiger partial charge on any atom is 0.321 e. The summed E-state index contributed by atoms with van der Waals surface area (Å²) in [5, 5.41) is 14.5. The van der Waals surface area contributed by atoms with Gasteiger partial charge in [-0.15, -0.1) is 0 Å². The summed E-state index contributed by atoms with van der Waals surface area (Å²) in [5.74, 6) is -2.02. The van der Waals surface area contributed by atoms with Gasteiger partial charge in [0.05, 0.1) is 12.1 Å². The number of pyridine rings is 1. The van der Waals surface area contributed by atoms with Gasteiger partial charge in [-0.2, -0.15) is 0 Å². The Labute approximate surface area is 132 Å². The summed E-state index contributed by atoms with van der Waals surface area (Å²) in [5.41, 5.74) is 1.09. The summed E-state index contributed by atoms with van der Waals surface area (Å²) in [7, 11) is 0. The van der Waals surface area contributed by atoms with Gasteiger partial charge in [-0.1, -0.05) is 6.07 Å². The van der Waals surface area contributed by atoms with E-state index in [1.807, 2.05) is 0 Å². The van der Waals surface area contributed by atoms with Crippen LogP contribution in [-0.2, 0) is 16.1 Å². The first kappa shape index (κ1) is 16.6. The molecule has 0 radical (unpaired) electrons. The largest absolute Gasteiger partial charge is 0.480 e. The van der Waals surface area contributed by atoms with Crippen LogP contribution in [0.1, 0.15) is 12.1 Å². The van der Waals surface area contributed by atoms with Gasteiger partial charge >= 0.3 is 5.97 Å². The fourth-order valence-corrected chi connectivity index (χ4v) is 1.91. The van der Waals surface area contributed by atoms with E-state index in [1.54, 1.807) is 24.4 Å². The molecule has 1 aromatic carbocycles. The minimum Gasteiger partial charge on any atom is -0.480 e. The predicted octanol–water partition coefficient (Wildman–Crippen LogP) is 1.79. The molecule has 1 atom stereocenters. The van der Waals surface area contributed by atoms with Gasteiger partial charge in [0.1, 0.15) is 11.9 Å². The Morgan fingerprint density at radius 3 is 2.52 bits per heavy atom. The van der Waals surface area contributed by atoms with Crippen molar-refractivity contribution in [2.45, 2.75) is 19.0 Å². The van der Waals surface area contributed by atoms with Crippen molar-refractivity contribution in [1.29, 1.82) is 0 Å². The molecule has 2 rings (SSSR count). The van der Waals surface area contributed by atoms with Crippen molar-refractivity contribution >= 4 is 17.6 Å². The second kappa shape index (κ2) is 8.00. The number of amides is 1. The monoisotopic (exact) mass is 317 g/mol. The third kappa shape index (κ3) is 5.48. The van der Waals surface area contributed by atoms with Crippen LogP contribution in [0.3, 0.4) is 0 Å². The molecule has 0 unspecified atom stereocenters. The zero-order chi connectivity index (χ0) is 16.7. The third-order valence-corrected chi connectivity index (χ3v) is 3.07. The molecule has 0 aliphatic rings. The number of aliphatic carboxylic acids is 1. The predicted molar refractivity (Wildman–Crippen MR) is 82.1 cm³/mol. The average Bonchev–Trinajstić information content (AvgIpc) is 2.54. The molecule has 0 aliphatic heterocycles. The SMILES string of the molecule is O=C(C[C@H](NCc1ccccn1)C(=O)O)Nc1ccc(F)cc1. The van der Waals surface area contributed by atoms with Crippen LogP contribution in [0, 0.1) is 5.82 Å². The minimum absolute atomic E-state index is 0.238. The quantitative estimate of drug-likeness (QED) is 0.724. The van der Waals surface area contributed by atoms with Crippen LogP contribution in [0.4, 0.5) is 10.1 Å². The number of carbonyl (C=O) groups is 2. The van der Waals surface area contributed by atoms with Gasteiger partial charge in [-0.25, -0.2) is 4.39 Å². The molecule has 0 saturated heterocycles. The Morgan fingerprint density at radius 2 is 1.91 bits per heavy atom. The molecule has 0 fully saturated rings. The number of hydrogen-bond donors (Lipinski definition) is 3. The molecule has 3 N–H and O–H groups in total. The van der Waals surface area contributed by atoms with E-state index in [4.69, 9.17) is 0 Å². The highest BCUT2D eigenvalue weighted by Crippen LogP contribution is 2.09. The molecule has 2 aromatic rings. The maximum atomic E-state index is 12.8. The number of anilines is 1. The van der Waals surface area contributed by atoms with Crippen molar-refractivity contribution in [3.63, 3.8) is 0 Å². The average molecular weight is 317 g/mol. The fourth-order valence-electron chi connectivity index (χ4n) is 1.91. The molecule has 0 bridgehead atoms. The first-order valence-electron chi connectivity index (χ1n) is 6.96. The number of benzene rings is 1. The van der Waals surface area contributed by atoms with E-state index >= 15 is 0 Å². The second-order valence-corrected chi connectivity index (χ2v) is 4.85. The number of carboxylic acid groups (broad SMARTS) is 1. The van der Waals surface area contributed by atoms with E-state index in [-0.39, 0.29) is 13.0 Å². The summed E-state index contributed by atoms with van der Waals surface area (Å²) in [6, 6.07) is 9.50. The number of halogens is 1. The van der Waals surface area contributed by atoms with Gasteiger partial charge in [-0.05, 0) is 36.4 Å². The van der Waals surface area contributed by atoms with E-state index in [0.717, 1.165) is 0 Å². The zero-order valence-electron chi connectivity index (χ0n) is 12.2. The first-order chi connectivity index (χ1) is 11.0. The van der Waals surface area contributed by atoms with E-state index < -0.39 is 23.7 Å². The Morgan fingerprint density at radius 1 is 1.17 bits per heavy atom. The Hall–Kier alpha value is -2.80. The molecule has 1 amide bonds. The van der Waals surface area contributed by atoms with Crippen LogP contribution in [0.15, 0.2) is 48.7 Å². The van der Waals surface area contributed by atoms with Crippen LogP contribution in [0.5, 0.6) is 0 Å². The van der Waals surface area contributed by atoms with Crippen molar-refractivity contribution in [2.24, 2.45) is 0 Å². The zero-order valence-corrected chi connectivity index (χ0v) is 12.2. The van der Waals surface area contributed by atoms with E-state index in [9.17, 15) is 19.1 Å². The van der Waals surface area contributed by atoms with Crippen molar-refractivity contribution in [2.75, 3.05) is 5.32 Å². The normalized spacial score (nSPS) is 11.7. The van der Waals surface area contributed by atoms with Crippen LogP contribution >= 0.6 is 0 Å². The number of nitrogens with one attached hydrogen (secondary N) is 2. The molecule has 120 valence electrons. The highest BCUT2D eigenvalue weighted by molar-refractivity contribution is 5.94. The molecular formula is C16H16FN3O3. The summed E-state index contributed by atoms with van der Waals surface area (Å²) in [4.78, 5) is 27.2. The lowest BCUT2D eigenvalue weighted by atomic mass is 10.2. The molecule has 23 heavy (non-hydrogen) atoms. The highest BCUT2D eigenvalue weighted by atomic mass is 19.1. The topological polar surface area (TPSA) is 91.3 Å². The van der Waals surface area contributed by atoms with Crippen LogP contribution in [-0.4, -0.2) is 28.0 Å². The van der Waals surface area contributed by atoms with Crippen molar-refractivity contribution < 1.29 is 19.1 Å². The molecule has 7 heteroatoms. The number of rotatable bonds is 7. The summed E-state index contributed by atoms with van der Waals surface area (Å²) in [6.45, 7) is 0.238. The number of nitrogens with zero attached hydrogens (tertiary/aromatic N) is 1. The van der Waals surface area contributed by atoms with Gasteiger partial charge in [0.2, 0.25) is 5.91 Å². The minimum atomic E-state index is -1.13. The second-order valence-electron chi connectivity index (χ2n) is 4.85. The summed E-state index contributed by atoms with van der Waals surface area (Å²) >= 11 is 0. The Kier molecular flexibility index (Phi) is 5.76. The first-order valence-corrected chi connectivity index (χ1v) is 6.96. The molecule has 1 aromatic heterocycles. The summed E-state index contributed by atoms with van der Waals surface area (Å²) < 4.78 is 12.8. The van der Waals surface area contributed by atoms with E-state index in [1.165, 1.54) is 24.3 Å². The molecule has 6 nitrogen and oxygen atoms in total. The number of hydrogen-bond acceptors (Lipinski definition) is 4. The van der Waals surface area contributed by atoms with Gasteiger partial charge in [-0.3, -0.25) is 19.9 Å². The van der Waals surface area contributed by atoms with Crippen LogP contribution in [0.25, 0.3) is 0 Å². The van der Waals surface area contributed by atoms with Gasteiger partial charge in [0.15, 0.2) is 0 Å². The molecule has 1 heterocycles. The van der Waals surface area contributed by atoms with Crippen molar-refractivity contribution in [1.82, 2.24) is 10.3 Å². The van der Waals surface area contributed by atoms with E-state index in [2.05, 4.69) is 15.6 Å². The third-order valence-electron chi connectivity index (χ3n) is 3.07. The number of aromatic nitrogens is 1. The van der Waals surface area contributed by atoms with Crippen LogP contribution in [0.2, 0.25) is 0 Å². The number of carbonyl (C=O) groups excluding carboxylic acids is 1. The smallest absolute Gasteiger partial charge is 0.321 e. The maximum absolute atomic E-state index is 12.8. The van der Waals surface area contributed by atoms with E-state index in [0.29, 0.717) is 11.4 Å². The summed E-state index contributed by atoms with van der Waals surface area (Å²) in [6.07, 6.45) is 1.35. The highest BCUT2D eigenvalue weighted by Gasteiger charge is 2.20. The Balaban J connectivity index is 1.89. The standard InChI is InChI=1S/C16H16FN3O3/c17-11-4-6-12(7-5-11)20-15(21)9-14(16(22)23)19-10-13-3-1-2-8-18-13/h1-8,14,19H,9-10H2,(H,20,21)(H,22,23)/t14-/m0/s1. The number of carboxylic acids is 1. The lowest BCUT2D eigenvalue weighted by Gasteiger charge is -2.14. The lowest BCUT2D eigenvalue weighted by Crippen LogP contribution is -2.39. The van der Waals surface area contributed by atoms with Gasteiger partial charge < -0.3 is 10.4 Å². The molecule has 0 saturated carbocycles. The molecule has 0 aliphatic carbocycles. The lowest BCUT2D eigenvalue weighted by molar-refractivity contribution is -0.141. The van der Waals surface area contributed by atoms with Crippen LogP contribution < -0.4 is 10.6 Å². The molecular weight excluding hydrogens is 301 g/mol. The van der Waals surface area contributed by atoms with Crippen molar-refractivity contribution in [3.8, 4) is 0 Å². The molecule has 0 spiro atoms. The van der Waals surface area contributed by atoms with Gasteiger partial charge in [0.25, 0.3) is 0 Å². The fraction of sp³-hybridized carbons (Fsp3) is 0.188. The van der Waals surface area contributed by atoms with Crippen molar-refractivity contribution in [3.05, 3.63) is 60.2 Å². The Bertz CT molecular complexity index is 662. The van der Waals surface area contributed by atoms with Gasteiger partial charge in [0, 0.05) is 18.4 Å².